The number of hydrogen-bond donors (Lipinski definition) is 1. The van der Waals surface area contributed by atoms with Gasteiger partial charge in [-0.15, -0.1) is 0 Å². The zero-order valence-corrected chi connectivity index (χ0v) is 11.9. The van der Waals surface area contributed by atoms with E-state index in [9.17, 15) is 13.2 Å². The van der Waals surface area contributed by atoms with Crippen molar-refractivity contribution >= 4 is 5.95 Å². The molecule has 118 valence electrons. The molecule has 0 spiro atoms. The summed E-state index contributed by atoms with van der Waals surface area (Å²) in [7, 11) is 0. The molecular formula is C15H17F3N4. The van der Waals surface area contributed by atoms with E-state index in [1.807, 2.05) is 6.07 Å². The third-order valence-electron chi connectivity index (χ3n) is 3.17. The molecular weight excluding hydrogens is 293 g/mol. The van der Waals surface area contributed by atoms with Crippen LogP contribution in [-0.2, 0) is 0 Å². The summed E-state index contributed by atoms with van der Waals surface area (Å²) in [5, 5.41) is 0. The van der Waals surface area contributed by atoms with Gasteiger partial charge in [0.25, 0.3) is 0 Å². The van der Waals surface area contributed by atoms with Crippen molar-refractivity contribution in [2.45, 2.75) is 18.9 Å². The first kappa shape index (κ1) is 16.2. The third kappa shape index (κ3) is 4.70. The van der Waals surface area contributed by atoms with E-state index in [-0.39, 0.29) is 6.04 Å². The average Bonchev–Trinajstić information content (AvgIpc) is 2.53. The van der Waals surface area contributed by atoms with Crippen LogP contribution in [0.1, 0.15) is 12.8 Å². The summed E-state index contributed by atoms with van der Waals surface area (Å²) in [5.41, 5.74) is 5.87. The largest absolute Gasteiger partial charge is 0.339 e. The van der Waals surface area contributed by atoms with Crippen molar-refractivity contribution in [3.63, 3.8) is 0 Å². The van der Waals surface area contributed by atoms with Crippen molar-refractivity contribution in [2.75, 3.05) is 18.0 Å². The number of nitrogens with zero attached hydrogens (tertiary/aromatic N) is 3. The van der Waals surface area contributed by atoms with Crippen molar-refractivity contribution in [3.05, 3.63) is 54.1 Å². The van der Waals surface area contributed by atoms with Gasteiger partial charge in [0, 0.05) is 37.6 Å². The molecule has 1 fully saturated rings. The minimum Gasteiger partial charge on any atom is -0.339 e. The minimum atomic E-state index is -1.16. The molecule has 1 aromatic heterocycles. The van der Waals surface area contributed by atoms with Gasteiger partial charge in [0.1, 0.15) is 5.82 Å². The maximum atomic E-state index is 12.0. The van der Waals surface area contributed by atoms with Gasteiger partial charge in [0.15, 0.2) is 11.6 Å². The highest BCUT2D eigenvalue weighted by Gasteiger charge is 2.17. The number of rotatable bonds is 1. The van der Waals surface area contributed by atoms with Gasteiger partial charge in [-0.05, 0) is 31.0 Å². The summed E-state index contributed by atoms with van der Waals surface area (Å²) >= 11 is 0. The van der Waals surface area contributed by atoms with Crippen LogP contribution < -0.4 is 10.6 Å². The van der Waals surface area contributed by atoms with Crippen molar-refractivity contribution in [1.82, 2.24) is 9.97 Å². The van der Waals surface area contributed by atoms with E-state index >= 15 is 0 Å². The van der Waals surface area contributed by atoms with Crippen LogP contribution in [0.3, 0.4) is 0 Å². The Balaban J connectivity index is 0.000000172. The molecule has 1 aliphatic rings. The zero-order chi connectivity index (χ0) is 15.9. The van der Waals surface area contributed by atoms with Crippen LogP contribution in [0.2, 0.25) is 0 Å². The second-order valence-electron chi connectivity index (χ2n) is 4.96. The number of nitrogens with two attached hydrogens (primary N) is 1. The molecule has 0 bridgehead atoms. The number of benzene rings is 1. The molecule has 22 heavy (non-hydrogen) atoms. The molecule has 0 aliphatic carbocycles. The highest BCUT2D eigenvalue weighted by atomic mass is 19.2. The third-order valence-corrected chi connectivity index (χ3v) is 3.17. The van der Waals surface area contributed by atoms with Gasteiger partial charge in [-0.1, -0.05) is 0 Å². The van der Waals surface area contributed by atoms with Gasteiger partial charge in [0.2, 0.25) is 5.95 Å². The lowest BCUT2D eigenvalue weighted by Crippen LogP contribution is -2.43. The highest BCUT2D eigenvalue weighted by molar-refractivity contribution is 5.29. The Morgan fingerprint density at radius 1 is 1.09 bits per heavy atom. The predicted molar refractivity (Wildman–Crippen MR) is 77.8 cm³/mol. The maximum Gasteiger partial charge on any atom is 0.225 e. The summed E-state index contributed by atoms with van der Waals surface area (Å²) in [6, 6.07) is 4.20. The van der Waals surface area contributed by atoms with Crippen LogP contribution in [0, 0.1) is 17.5 Å². The van der Waals surface area contributed by atoms with Crippen LogP contribution >= 0.6 is 0 Å². The van der Waals surface area contributed by atoms with Crippen molar-refractivity contribution in [3.8, 4) is 0 Å². The van der Waals surface area contributed by atoms with Crippen LogP contribution in [-0.4, -0.2) is 29.1 Å². The normalized spacial score (nSPS) is 17.6. The molecule has 1 saturated heterocycles. The molecule has 0 unspecified atom stereocenters. The first-order valence-corrected chi connectivity index (χ1v) is 6.94. The molecule has 1 atom stereocenters. The molecule has 1 aliphatic heterocycles. The van der Waals surface area contributed by atoms with E-state index in [0.717, 1.165) is 44.0 Å². The SMILES string of the molecule is Fc1ccc(F)c(F)c1.N[C@@H]1CCCN(c2ncccn2)C1. The van der Waals surface area contributed by atoms with Crippen LogP contribution in [0.15, 0.2) is 36.7 Å². The van der Waals surface area contributed by atoms with E-state index in [1.54, 1.807) is 12.4 Å². The minimum absolute atomic E-state index is 0.276. The Kier molecular flexibility index (Phi) is 5.71. The van der Waals surface area contributed by atoms with Gasteiger partial charge < -0.3 is 10.6 Å². The number of aromatic nitrogens is 2. The zero-order valence-electron chi connectivity index (χ0n) is 11.9. The molecule has 3 rings (SSSR count). The Bertz CT molecular complexity index is 595. The van der Waals surface area contributed by atoms with E-state index < -0.39 is 17.5 Å². The lowest BCUT2D eigenvalue weighted by Gasteiger charge is -2.30. The molecule has 1 aromatic carbocycles. The molecule has 0 radical (unpaired) electrons. The van der Waals surface area contributed by atoms with E-state index in [0.29, 0.717) is 6.07 Å². The second-order valence-corrected chi connectivity index (χ2v) is 4.96. The second kappa shape index (κ2) is 7.74. The highest BCUT2D eigenvalue weighted by Crippen LogP contribution is 2.13. The molecule has 4 nitrogen and oxygen atoms in total. The van der Waals surface area contributed by atoms with Gasteiger partial charge in [0.05, 0.1) is 0 Å². The average molecular weight is 310 g/mol. The Labute approximate surface area is 126 Å². The first-order valence-electron chi connectivity index (χ1n) is 6.94. The molecule has 0 amide bonds. The van der Waals surface area contributed by atoms with Gasteiger partial charge in [-0.25, -0.2) is 23.1 Å². The van der Waals surface area contributed by atoms with Crippen LogP contribution in [0.5, 0.6) is 0 Å². The lowest BCUT2D eigenvalue weighted by molar-refractivity contribution is 0.495. The fourth-order valence-corrected chi connectivity index (χ4v) is 2.12. The van der Waals surface area contributed by atoms with Crippen molar-refractivity contribution in [1.29, 1.82) is 0 Å². The lowest BCUT2D eigenvalue weighted by atomic mass is 10.1. The van der Waals surface area contributed by atoms with E-state index in [4.69, 9.17) is 5.73 Å². The van der Waals surface area contributed by atoms with E-state index in [1.165, 1.54) is 0 Å². The fraction of sp³-hybridized carbons (Fsp3) is 0.333. The molecule has 7 heteroatoms. The van der Waals surface area contributed by atoms with Crippen LogP contribution in [0.25, 0.3) is 0 Å². The first-order chi connectivity index (χ1) is 10.6. The summed E-state index contributed by atoms with van der Waals surface area (Å²) < 4.78 is 35.9. The smallest absolute Gasteiger partial charge is 0.225 e. The molecule has 0 saturated carbocycles. The predicted octanol–water partition coefficient (Wildman–Crippen LogP) is 2.51. The fourth-order valence-electron chi connectivity index (χ4n) is 2.12. The number of piperidine rings is 1. The molecule has 2 N–H and O–H groups in total. The van der Waals surface area contributed by atoms with Crippen molar-refractivity contribution in [2.24, 2.45) is 5.73 Å². The quantitative estimate of drug-likeness (QED) is 0.822. The summed E-state index contributed by atoms with van der Waals surface area (Å²) in [4.78, 5) is 10.5. The monoisotopic (exact) mass is 310 g/mol. The number of anilines is 1. The molecule has 2 aromatic rings. The van der Waals surface area contributed by atoms with Gasteiger partial charge in [-0.3, -0.25) is 0 Å². The number of hydrogen-bond acceptors (Lipinski definition) is 4. The standard InChI is InChI=1S/C9H14N4.C6H3F3/c10-8-3-1-6-13(7-8)9-11-4-2-5-12-9;7-4-1-2-5(8)6(9)3-4/h2,4-5,8H,1,3,6-7,10H2;1-3H/t8-;/m1./s1. The summed E-state index contributed by atoms with van der Waals surface area (Å²) in [6.07, 6.45) is 5.79. The van der Waals surface area contributed by atoms with Gasteiger partial charge in [-0.2, -0.15) is 0 Å². The Hall–Kier alpha value is -2.15. The van der Waals surface area contributed by atoms with Crippen molar-refractivity contribution < 1.29 is 13.2 Å². The Morgan fingerprint density at radius 2 is 1.82 bits per heavy atom. The topological polar surface area (TPSA) is 55.0 Å². The Morgan fingerprint density at radius 3 is 2.41 bits per heavy atom. The van der Waals surface area contributed by atoms with Gasteiger partial charge >= 0.3 is 0 Å². The number of halogens is 3. The summed E-state index contributed by atoms with van der Waals surface area (Å²) in [5.74, 6) is -2.15. The summed E-state index contributed by atoms with van der Waals surface area (Å²) in [6.45, 7) is 1.90. The maximum absolute atomic E-state index is 12.0. The molecule has 2 heterocycles. The van der Waals surface area contributed by atoms with E-state index in [2.05, 4.69) is 14.9 Å². The van der Waals surface area contributed by atoms with Crippen LogP contribution in [0.4, 0.5) is 19.1 Å².